The molecule has 0 aliphatic carbocycles. The number of benzene rings is 1. The van der Waals surface area contributed by atoms with Crippen molar-refractivity contribution < 1.29 is 4.74 Å². The topological polar surface area (TPSA) is 74.8 Å². The molecule has 3 aromatic rings. The third-order valence-electron chi connectivity index (χ3n) is 3.86. The van der Waals surface area contributed by atoms with Gasteiger partial charge in [-0.05, 0) is 31.5 Å². The number of aromatic nitrogens is 5. The maximum Gasteiger partial charge on any atom is 0.261 e. The molecular formula is C16H19N5O2. The van der Waals surface area contributed by atoms with Gasteiger partial charge in [-0.15, -0.1) is 0 Å². The van der Waals surface area contributed by atoms with E-state index in [1.54, 1.807) is 36.2 Å². The van der Waals surface area contributed by atoms with Crippen LogP contribution in [0.25, 0.3) is 10.9 Å². The van der Waals surface area contributed by atoms with Crippen molar-refractivity contribution >= 4 is 10.9 Å². The molecule has 0 radical (unpaired) electrons. The van der Waals surface area contributed by atoms with E-state index in [1.807, 2.05) is 11.6 Å². The summed E-state index contributed by atoms with van der Waals surface area (Å²) in [5.74, 6) is 1.38. The lowest BCUT2D eigenvalue weighted by atomic mass is 10.2. The molecule has 0 spiro atoms. The first-order valence-corrected chi connectivity index (χ1v) is 7.58. The van der Waals surface area contributed by atoms with E-state index in [0.29, 0.717) is 16.7 Å². The average molecular weight is 313 g/mol. The van der Waals surface area contributed by atoms with Gasteiger partial charge in [-0.1, -0.05) is 6.92 Å². The molecule has 0 saturated heterocycles. The second-order valence-corrected chi connectivity index (χ2v) is 5.36. The number of aryl methyl sites for hydroxylation is 1. The summed E-state index contributed by atoms with van der Waals surface area (Å²) in [7, 11) is 1.58. The summed E-state index contributed by atoms with van der Waals surface area (Å²) in [6.45, 7) is 4.76. The summed E-state index contributed by atoms with van der Waals surface area (Å²) in [5, 5.41) is 4.75. The second-order valence-electron chi connectivity index (χ2n) is 5.36. The number of rotatable bonds is 5. The molecule has 1 atom stereocenters. The number of nitrogens with zero attached hydrogens (tertiary/aromatic N) is 5. The number of hydrogen-bond acceptors (Lipinski definition) is 5. The molecule has 0 N–H and O–H groups in total. The summed E-state index contributed by atoms with van der Waals surface area (Å²) in [5.41, 5.74) is 0.529. The minimum absolute atomic E-state index is 0.118. The van der Waals surface area contributed by atoms with E-state index < -0.39 is 0 Å². The third kappa shape index (κ3) is 2.69. The Hall–Kier alpha value is -2.70. The van der Waals surface area contributed by atoms with Gasteiger partial charge in [0.15, 0.2) is 0 Å². The minimum atomic E-state index is -0.250. The van der Waals surface area contributed by atoms with Crippen LogP contribution in [0.5, 0.6) is 5.75 Å². The van der Waals surface area contributed by atoms with E-state index in [1.165, 1.54) is 6.33 Å². The molecule has 0 fully saturated rings. The van der Waals surface area contributed by atoms with Gasteiger partial charge in [0.2, 0.25) is 0 Å². The molecule has 0 bridgehead atoms. The van der Waals surface area contributed by atoms with E-state index in [2.05, 4.69) is 22.0 Å². The van der Waals surface area contributed by atoms with Crippen LogP contribution in [0.4, 0.5) is 0 Å². The van der Waals surface area contributed by atoms with E-state index in [0.717, 1.165) is 18.8 Å². The fourth-order valence-electron chi connectivity index (χ4n) is 2.62. The Bertz CT molecular complexity index is 884. The van der Waals surface area contributed by atoms with Crippen LogP contribution in [0.2, 0.25) is 0 Å². The molecule has 120 valence electrons. The lowest BCUT2D eigenvalue weighted by Gasteiger charge is -2.15. The Kier molecular flexibility index (Phi) is 4.10. The molecule has 0 unspecified atom stereocenters. The molecule has 2 aromatic heterocycles. The molecule has 0 aliphatic rings. The van der Waals surface area contributed by atoms with Gasteiger partial charge < -0.3 is 4.74 Å². The van der Waals surface area contributed by atoms with Crippen LogP contribution in [-0.2, 0) is 6.54 Å². The van der Waals surface area contributed by atoms with Crippen molar-refractivity contribution in [3.63, 3.8) is 0 Å². The molecule has 23 heavy (non-hydrogen) atoms. The van der Waals surface area contributed by atoms with Gasteiger partial charge in [0.1, 0.15) is 17.9 Å². The standard InChI is InChI=1S/C16H19N5O2/c1-4-7-21-15(17-9-19-21)11(2)20-10-18-14-6-5-12(23-3)8-13(14)16(20)22/h5-6,8-11H,4,7H2,1-3H3/t11-/m1/s1. The zero-order chi connectivity index (χ0) is 16.4. The second kappa shape index (κ2) is 6.20. The van der Waals surface area contributed by atoms with Crippen LogP contribution in [0.1, 0.15) is 32.1 Å². The Labute approximate surface area is 133 Å². The molecule has 2 heterocycles. The average Bonchev–Trinajstić information content (AvgIpc) is 3.03. The number of hydrogen-bond donors (Lipinski definition) is 0. The summed E-state index contributed by atoms with van der Waals surface area (Å²) in [6, 6.07) is 5.04. The fraction of sp³-hybridized carbons (Fsp3) is 0.375. The number of ether oxygens (including phenoxy) is 1. The zero-order valence-electron chi connectivity index (χ0n) is 13.4. The minimum Gasteiger partial charge on any atom is -0.497 e. The van der Waals surface area contributed by atoms with Crippen LogP contribution >= 0.6 is 0 Å². The van der Waals surface area contributed by atoms with E-state index in [4.69, 9.17) is 4.74 Å². The summed E-state index contributed by atoms with van der Waals surface area (Å²) in [6.07, 6.45) is 4.03. The quantitative estimate of drug-likeness (QED) is 0.720. The van der Waals surface area contributed by atoms with Gasteiger partial charge >= 0.3 is 0 Å². The van der Waals surface area contributed by atoms with Crippen LogP contribution in [0.15, 0.2) is 35.6 Å². The Morgan fingerprint density at radius 1 is 1.30 bits per heavy atom. The maximum absolute atomic E-state index is 12.8. The third-order valence-corrected chi connectivity index (χ3v) is 3.86. The highest BCUT2D eigenvalue weighted by atomic mass is 16.5. The molecule has 7 nitrogen and oxygen atoms in total. The first-order valence-electron chi connectivity index (χ1n) is 7.58. The highest BCUT2D eigenvalue weighted by Crippen LogP contribution is 2.18. The van der Waals surface area contributed by atoms with Crippen molar-refractivity contribution in [1.82, 2.24) is 24.3 Å². The molecule has 1 aromatic carbocycles. The number of methoxy groups -OCH3 is 1. The Morgan fingerprint density at radius 2 is 2.13 bits per heavy atom. The highest BCUT2D eigenvalue weighted by Gasteiger charge is 2.17. The van der Waals surface area contributed by atoms with Gasteiger partial charge in [-0.3, -0.25) is 9.36 Å². The lowest BCUT2D eigenvalue weighted by molar-refractivity contribution is 0.415. The van der Waals surface area contributed by atoms with Crippen molar-refractivity contribution in [3.05, 3.63) is 47.0 Å². The Balaban J connectivity index is 2.10. The van der Waals surface area contributed by atoms with E-state index >= 15 is 0 Å². The largest absolute Gasteiger partial charge is 0.497 e. The molecule has 0 amide bonds. The molecule has 0 saturated carbocycles. The zero-order valence-corrected chi connectivity index (χ0v) is 13.4. The SMILES string of the molecule is CCCn1ncnc1[C@@H](C)n1cnc2ccc(OC)cc2c1=O. The van der Waals surface area contributed by atoms with Crippen molar-refractivity contribution in [1.29, 1.82) is 0 Å². The van der Waals surface area contributed by atoms with Crippen LogP contribution in [-0.4, -0.2) is 31.4 Å². The predicted molar refractivity (Wildman–Crippen MR) is 86.7 cm³/mol. The fourth-order valence-corrected chi connectivity index (χ4v) is 2.62. The van der Waals surface area contributed by atoms with E-state index in [-0.39, 0.29) is 11.6 Å². The first-order chi connectivity index (χ1) is 11.2. The highest BCUT2D eigenvalue weighted by molar-refractivity contribution is 5.78. The monoisotopic (exact) mass is 313 g/mol. The maximum atomic E-state index is 12.8. The van der Waals surface area contributed by atoms with Crippen molar-refractivity contribution in [2.45, 2.75) is 32.9 Å². The van der Waals surface area contributed by atoms with Crippen molar-refractivity contribution in [2.24, 2.45) is 0 Å². The van der Waals surface area contributed by atoms with Crippen molar-refractivity contribution in [2.75, 3.05) is 7.11 Å². The predicted octanol–water partition coefficient (Wildman–Crippen LogP) is 2.02. The molecule has 3 rings (SSSR count). The van der Waals surface area contributed by atoms with Gasteiger partial charge in [-0.2, -0.15) is 5.10 Å². The summed E-state index contributed by atoms with van der Waals surface area (Å²) < 4.78 is 8.61. The lowest BCUT2D eigenvalue weighted by Crippen LogP contribution is -2.26. The van der Waals surface area contributed by atoms with Gasteiger partial charge in [0.05, 0.1) is 30.4 Å². The van der Waals surface area contributed by atoms with Gasteiger partial charge in [0.25, 0.3) is 5.56 Å². The number of fused-ring (bicyclic) bond motifs is 1. The first kappa shape index (κ1) is 15.2. The summed E-state index contributed by atoms with van der Waals surface area (Å²) >= 11 is 0. The molecule has 7 heteroatoms. The molecule has 0 aliphatic heterocycles. The van der Waals surface area contributed by atoms with E-state index in [9.17, 15) is 4.79 Å². The van der Waals surface area contributed by atoms with Crippen LogP contribution in [0.3, 0.4) is 0 Å². The van der Waals surface area contributed by atoms with Gasteiger partial charge in [0, 0.05) is 6.54 Å². The van der Waals surface area contributed by atoms with Gasteiger partial charge in [-0.25, -0.2) is 14.6 Å². The normalized spacial score (nSPS) is 12.5. The van der Waals surface area contributed by atoms with Crippen LogP contribution in [0, 0.1) is 0 Å². The molecular weight excluding hydrogens is 294 g/mol. The smallest absolute Gasteiger partial charge is 0.261 e. The summed E-state index contributed by atoms with van der Waals surface area (Å²) in [4.78, 5) is 21.5. The van der Waals surface area contributed by atoms with Crippen LogP contribution < -0.4 is 10.3 Å². The van der Waals surface area contributed by atoms with Crippen molar-refractivity contribution in [3.8, 4) is 5.75 Å². The Morgan fingerprint density at radius 3 is 2.87 bits per heavy atom.